The Morgan fingerprint density at radius 3 is 2.58 bits per heavy atom. The average molecular weight is 648 g/mol. The van der Waals surface area contributed by atoms with Gasteiger partial charge >= 0.3 is 0 Å². The Labute approximate surface area is 280 Å². The summed E-state index contributed by atoms with van der Waals surface area (Å²) in [6.07, 6.45) is 9.83. The number of methoxy groups -OCH3 is 1. The summed E-state index contributed by atoms with van der Waals surface area (Å²) in [5.41, 5.74) is 19.2. The van der Waals surface area contributed by atoms with Crippen LogP contribution in [0.1, 0.15) is 73.8 Å². The van der Waals surface area contributed by atoms with Gasteiger partial charge in [0.05, 0.1) is 41.4 Å². The van der Waals surface area contributed by atoms with Crippen LogP contribution in [0, 0.1) is 17.8 Å². The number of aromatic nitrogens is 6. The number of ether oxygens (including phenoxy) is 1. The number of imidazole rings is 1. The maximum Gasteiger partial charge on any atom is 0.254 e. The second-order valence-corrected chi connectivity index (χ2v) is 15.0. The first-order valence-electron chi connectivity index (χ1n) is 17.7. The molecule has 0 unspecified atom stereocenters. The second-order valence-electron chi connectivity index (χ2n) is 15.0. The highest BCUT2D eigenvalue weighted by Gasteiger charge is 2.51. The fraction of sp³-hybridized carbons (Fsp3) is 0.514. The highest BCUT2D eigenvalue weighted by molar-refractivity contribution is 6.01. The first-order chi connectivity index (χ1) is 23.3. The van der Waals surface area contributed by atoms with E-state index >= 15 is 0 Å². The molecule has 1 aliphatic heterocycles. The van der Waals surface area contributed by atoms with E-state index in [4.69, 9.17) is 21.2 Å². The van der Waals surface area contributed by atoms with Crippen molar-refractivity contribution >= 4 is 27.8 Å². The monoisotopic (exact) mass is 647 g/mol. The lowest BCUT2D eigenvalue weighted by Crippen LogP contribution is -2.45. The van der Waals surface area contributed by atoms with Crippen LogP contribution in [0.4, 0.5) is 0 Å². The molecule has 0 spiro atoms. The van der Waals surface area contributed by atoms with Gasteiger partial charge in [0.2, 0.25) is 0 Å². The van der Waals surface area contributed by atoms with Crippen LogP contribution in [0.2, 0.25) is 0 Å². The van der Waals surface area contributed by atoms with Gasteiger partial charge in [-0.15, -0.1) is 5.10 Å². The molecule has 48 heavy (non-hydrogen) atoms. The quantitative estimate of drug-likeness (QED) is 0.254. The number of carbonyl (C=O) groups is 1. The number of piperidine rings is 1. The molecule has 1 amide bonds. The van der Waals surface area contributed by atoms with Gasteiger partial charge in [-0.05, 0) is 87.0 Å². The van der Waals surface area contributed by atoms with Gasteiger partial charge in [0.1, 0.15) is 11.3 Å². The zero-order chi connectivity index (χ0) is 32.8. The summed E-state index contributed by atoms with van der Waals surface area (Å²) in [5, 5.41) is 10.4. The zero-order valence-corrected chi connectivity index (χ0v) is 28.0. The highest BCUT2D eigenvalue weighted by atomic mass is 16.5. The molecule has 1 saturated heterocycles. The van der Waals surface area contributed by atoms with Crippen molar-refractivity contribution in [1.82, 2.24) is 34.0 Å². The number of para-hydroxylation sites is 1. The minimum atomic E-state index is 0.00710. The largest absolute Gasteiger partial charge is 0.494 e. The summed E-state index contributed by atoms with van der Waals surface area (Å²) in [6.45, 7) is 3.83. The van der Waals surface area contributed by atoms with Crippen LogP contribution in [0.25, 0.3) is 39.1 Å². The van der Waals surface area contributed by atoms with Gasteiger partial charge in [0.25, 0.3) is 5.91 Å². The minimum absolute atomic E-state index is 0.00710. The standard InChI is InChI=1S/C37H45N9O2/c1-20-13-25-18-45(33(20)32(25)39)37(47)24-14-27-35(31(16-24)48-3)43(2)36(40-27)30-15-23-5-4-6-29(34(23)44(30)17-21-7-8-21)46-19-28(41-42-46)22-9-11-26(38)12-10-22/h4-6,14-16,19-22,25-26,32-33H,7-13,17-18,38-39H2,1-3H3/t20-,22-,25-,26-,32-,33-/m1/s1. The Morgan fingerprint density at radius 2 is 1.85 bits per heavy atom. The third kappa shape index (κ3) is 4.69. The van der Waals surface area contributed by atoms with Crippen molar-refractivity contribution in [2.24, 2.45) is 36.3 Å². The number of benzene rings is 2. The van der Waals surface area contributed by atoms with E-state index in [1.54, 1.807) is 7.11 Å². The molecule has 3 aromatic heterocycles. The molecule has 250 valence electrons. The number of nitrogens with zero attached hydrogens (tertiary/aromatic N) is 7. The molecule has 9 rings (SSSR count). The maximum absolute atomic E-state index is 13.9. The number of amides is 1. The molecule has 4 N–H and O–H groups in total. The van der Waals surface area contributed by atoms with Crippen molar-refractivity contribution in [3.05, 3.63) is 53.9 Å². The lowest BCUT2D eigenvalue weighted by molar-refractivity contribution is 0.0649. The molecule has 5 aromatic rings. The predicted molar refractivity (Wildman–Crippen MR) is 185 cm³/mol. The summed E-state index contributed by atoms with van der Waals surface area (Å²) in [7, 11) is 3.70. The van der Waals surface area contributed by atoms with Crippen molar-refractivity contribution < 1.29 is 9.53 Å². The number of nitrogens with two attached hydrogens (primary N) is 2. The van der Waals surface area contributed by atoms with Crippen LogP contribution >= 0.6 is 0 Å². The summed E-state index contributed by atoms with van der Waals surface area (Å²) in [4.78, 5) is 21.2. The van der Waals surface area contributed by atoms with Gasteiger partial charge in [0, 0.05) is 55.1 Å². The molecule has 4 heterocycles. The fourth-order valence-electron chi connectivity index (χ4n) is 9.14. The molecule has 11 heteroatoms. The number of carbonyl (C=O) groups excluding carboxylic acids is 1. The summed E-state index contributed by atoms with van der Waals surface area (Å²) in [6, 6.07) is 12.9. The Kier molecular flexibility index (Phi) is 6.95. The molecule has 2 bridgehead atoms. The normalized spacial score (nSPS) is 27.1. The van der Waals surface area contributed by atoms with Gasteiger partial charge in [-0.1, -0.05) is 24.3 Å². The van der Waals surface area contributed by atoms with Crippen LogP contribution in [0.3, 0.4) is 0 Å². The van der Waals surface area contributed by atoms with Crippen molar-refractivity contribution in [2.75, 3.05) is 13.7 Å². The SMILES string of the molecule is COc1cc(C(=O)N2C[C@H]3C[C@@H](C)[C@@H]2[C@@H]3N)cc2nc(-c3cc4cccc(-n5cc([C@H]6CC[C@H](N)CC6)nn5)c4n3CC3CC3)n(C)c12. The van der Waals surface area contributed by atoms with Gasteiger partial charge in [-0.25, -0.2) is 9.67 Å². The van der Waals surface area contributed by atoms with E-state index in [1.807, 2.05) is 28.8 Å². The fourth-order valence-corrected chi connectivity index (χ4v) is 9.14. The van der Waals surface area contributed by atoms with E-state index < -0.39 is 0 Å². The van der Waals surface area contributed by atoms with Gasteiger partial charge in [-0.3, -0.25) is 4.79 Å². The van der Waals surface area contributed by atoms with Crippen molar-refractivity contribution in [3.8, 4) is 23.0 Å². The molecule has 3 aliphatic carbocycles. The maximum atomic E-state index is 13.9. The summed E-state index contributed by atoms with van der Waals surface area (Å²) < 4.78 is 12.4. The van der Waals surface area contributed by atoms with Crippen molar-refractivity contribution in [2.45, 2.75) is 82.5 Å². The first kappa shape index (κ1) is 29.9. The van der Waals surface area contributed by atoms with E-state index in [9.17, 15) is 4.79 Å². The lowest BCUT2D eigenvalue weighted by Gasteiger charge is -2.31. The number of hydrogen-bond acceptors (Lipinski definition) is 7. The van der Waals surface area contributed by atoms with Crippen LogP contribution < -0.4 is 16.2 Å². The van der Waals surface area contributed by atoms with Gasteiger partial charge < -0.3 is 30.2 Å². The van der Waals surface area contributed by atoms with Gasteiger partial charge in [-0.2, -0.15) is 0 Å². The average Bonchev–Trinajstić information content (AvgIpc) is 3.37. The number of fused-ring (bicyclic) bond motifs is 4. The Bertz CT molecular complexity index is 2050. The van der Waals surface area contributed by atoms with Gasteiger partial charge in [0.15, 0.2) is 5.82 Å². The smallest absolute Gasteiger partial charge is 0.254 e. The van der Waals surface area contributed by atoms with E-state index in [2.05, 4.69) is 56.8 Å². The van der Waals surface area contributed by atoms with Crippen LogP contribution in [-0.2, 0) is 13.6 Å². The zero-order valence-electron chi connectivity index (χ0n) is 28.0. The molecular formula is C37H45N9O2. The first-order valence-corrected chi connectivity index (χ1v) is 17.7. The Balaban J connectivity index is 1.13. The van der Waals surface area contributed by atoms with E-state index in [0.29, 0.717) is 47.6 Å². The third-order valence-corrected chi connectivity index (χ3v) is 11.9. The van der Waals surface area contributed by atoms with Crippen LogP contribution in [0.5, 0.6) is 5.75 Å². The summed E-state index contributed by atoms with van der Waals surface area (Å²) >= 11 is 0. The van der Waals surface area contributed by atoms with E-state index in [0.717, 1.165) is 83.5 Å². The molecular weight excluding hydrogens is 602 g/mol. The molecule has 3 saturated carbocycles. The second kappa shape index (κ2) is 11.2. The molecule has 11 nitrogen and oxygen atoms in total. The topological polar surface area (TPSA) is 135 Å². The van der Waals surface area contributed by atoms with E-state index in [-0.39, 0.29) is 18.0 Å². The highest BCUT2D eigenvalue weighted by Crippen LogP contribution is 2.43. The number of aryl methyl sites for hydroxylation is 1. The molecule has 4 atom stereocenters. The van der Waals surface area contributed by atoms with Crippen LogP contribution in [-0.4, -0.2) is 71.7 Å². The van der Waals surface area contributed by atoms with Crippen LogP contribution in [0.15, 0.2) is 42.6 Å². The molecule has 4 fully saturated rings. The Hall–Kier alpha value is -4.22. The summed E-state index contributed by atoms with van der Waals surface area (Å²) in [5.74, 6) is 3.29. The van der Waals surface area contributed by atoms with E-state index in [1.165, 1.54) is 12.8 Å². The molecule has 2 aromatic carbocycles. The van der Waals surface area contributed by atoms with Crippen molar-refractivity contribution in [3.63, 3.8) is 0 Å². The number of rotatable bonds is 7. The number of hydrogen-bond donors (Lipinski definition) is 2. The predicted octanol–water partition coefficient (Wildman–Crippen LogP) is 4.99. The minimum Gasteiger partial charge on any atom is -0.494 e. The molecule has 0 radical (unpaired) electrons. The number of likely N-dealkylation sites (tertiary alicyclic amines) is 1. The lowest BCUT2D eigenvalue weighted by atomic mass is 9.85. The third-order valence-electron chi connectivity index (χ3n) is 11.9. The van der Waals surface area contributed by atoms with Crippen molar-refractivity contribution in [1.29, 1.82) is 0 Å². The Morgan fingerprint density at radius 1 is 1.04 bits per heavy atom. The molecule has 4 aliphatic rings.